The molecule has 0 unspecified atom stereocenters. The average molecular weight is 288 g/mol. The molecule has 0 amide bonds. The number of ether oxygens (including phenoxy) is 2. The lowest BCUT2D eigenvalue weighted by molar-refractivity contribution is -0.384. The van der Waals surface area contributed by atoms with E-state index in [0.717, 1.165) is 11.3 Å². The number of anilines is 1. The predicted octanol–water partition coefficient (Wildman–Crippen LogP) is 3.22. The number of nitro groups is 1. The zero-order chi connectivity index (χ0) is 15.2. The highest BCUT2D eigenvalue weighted by Gasteiger charge is 2.15. The first-order valence-corrected chi connectivity index (χ1v) is 6.34. The summed E-state index contributed by atoms with van der Waals surface area (Å²) in [6.45, 7) is 0.428. The van der Waals surface area contributed by atoms with E-state index < -0.39 is 4.92 Å². The minimum absolute atomic E-state index is 0.0238. The molecule has 1 N–H and O–H groups in total. The summed E-state index contributed by atoms with van der Waals surface area (Å²) in [7, 11) is 3.07. The molecule has 110 valence electrons. The van der Waals surface area contributed by atoms with Crippen LogP contribution in [-0.2, 0) is 6.54 Å². The third kappa shape index (κ3) is 3.42. The fourth-order valence-electron chi connectivity index (χ4n) is 1.98. The van der Waals surface area contributed by atoms with Crippen LogP contribution in [0, 0.1) is 10.1 Å². The first kappa shape index (κ1) is 14.6. The Morgan fingerprint density at radius 3 is 2.57 bits per heavy atom. The summed E-state index contributed by atoms with van der Waals surface area (Å²) in [5.74, 6) is 1.19. The van der Waals surface area contributed by atoms with Gasteiger partial charge in [-0.25, -0.2) is 0 Å². The maximum atomic E-state index is 11.1. The Hall–Kier alpha value is -2.76. The number of nitrogens with one attached hydrogen (secondary N) is 1. The van der Waals surface area contributed by atoms with Gasteiger partial charge >= 0.3 is 0 Å². The van der Waals surface area contributed by atoms with Crippen LogP contribution in [0.25, 0.3) is 0 Å². The number of methoxy groups -OCH3 is 2. The van der Waals surface area contributed by atoms with Crippen molar-refractivity contribution in [2.75, 3.05) is 19.5 Å². The summed E-state index contributed by atoms with van der Waals surface area (Å²) in [5.41, 5.74) is 1.33. The van der Waals surface area contributed by atoms with Gasteiger partial charge in [-0.15, -0.1) is 0 Å². The van der Waals surface area contributed by atoms with Gasteiger partial charge in [0.05, 0.1) is 25.2 Å². The minimum Gasteiger partial charge on any atom is -0.496 e. The fraction of sp³-hybridized carbons (Fsp3) is 0.200. The molecule has 2 rings (SSSR count). The van der Waals surface area contributed by atoms with E-state index in [0.29, 0.717) is 18.0 Å². The van der Waals surface area contributed by atoms with Crippen molar-refractivity contribution in [2.24, 2.45) is 0 Å². The molecule has 2 aromatic rings. The van der Waals surface area contributed by atoms with Crippen LogP contribution >= 0.6 is 0 Å². The average Bonchev–Trinajstić information content (AvgIpc) is 2.52. The molecule has 0 saturated heterocycles. The van der Waals surface area contributed by atoms with Crippen molar-refractivity contribution in [1.29, 1.82) is 0 Å². The lowest BCUT2D eigenvalue weighted by Crippen LogP contribution is -2.04. The number of hydrogen-bond acceptors (Lipinski definition) is 5. The Labute approximate surface area is 122 Å². The van der Waals surface area contributed by atoms with Gasteiger partial charge in [-0.1, -0.05) is 18.2 Å². The molecule has 0 bridgehead atoms. The summed E-state index contributed by atoms with van der Waals surface area (Å²) >= 11 is 0. The number of para-hydroxylation sites is 1. The monoisotopic (exact) mass is 288 g/mol. The van der Waals surface area contributed by atoms with Crippen molar-refractivity contribution in [1.82, 2.24) is 0 Å². The maximum Gasteiger partial charge on any atom is 0.296 e. The van der Waals surface area contributed by atoms with E-state index in [1.807, 2.05) is 24.3 Å². The van der Waals surface area contributed by atoms with Crippen LogP contribution in [0.4, 0.5) is 11.4 Å². The Balaban J connectivity index is 2.21. The summed E-state index contributed by atoms with van der Waals surface area (Å²) in [4.78, 5) is 10.7. The molecular weight excluding hydrogens is 272 g/mol. The van der Waals surface area contributed by atoms with Gasteiger partial charge in [0.25, 0.3) is 5.69 Å². The van der Waals surface area contributed by atoms with Gasteiger partial charge in [-0.05, 0) is 18.2 Å². The molecule has 0 aliphatic rings. The zero-order valence-electron chi connectivity index (χ0n) is 11.8. The number of nitro benzene ring substituents is 1. The highest BCUT2D eigenvalue weighted by molar-refractivity contribution is 5.64. The van der Waals surface area contributed by atoms with Gasteiger partial charge in [-0.3, -0.25) is 10.1 Å². The second-order valence-corrected chi connectivity index (χ2v) is 4.31. The molecule has 0 fully saturated rings. The molecule has 2 aromatic carbocycles. The van der Waals surface area contributed by atoms with Gasteiger partial charge in [0, 0.05) is 12.1 Å². The maximum absolute atomic E-state index is 11.1. The lowest BCUT2D eigenvalue weighted by Gasteiger charge is -2.11. The standard InChI is InChI=1S/C15H16N2O4/c1-20-12-7-8-13(14(9-12)17(18)19)16-10-11-5-3-4-6-15(11)21-2/h3-9,16H,10H2,1-2H3. The summed E-state index contributed by atoms with van der Waals surface area (Å²) in [6.07, 6.45) is 0. The largest absolute Gasteiger partial charge is 0.496 e. The molecule has 0 saturated carbocycles. The normalized spacial score (nSPS) is 10.0. The van der Waals surface area contributed by atoms with Gasteiger partial charge in [-0.2, -0.15) is 0 Å². The van der Waals surface area contributed by atoms with E-state index in [1.165, 1.54) is 13.2 Å². The summed E-state index contributed by atoms with van der Waals surface area (Å²) < 4.78 is 10.3. The van der Waals surface area contributed by atoms with Crippen LogP contribution in [0.15, 0.2) is 42.5 Å². The van der Waals surface area contributed by atoms with Crippen molar-refractivity contribution < 1.29 is 14.4 Å². The first-order chi connectivity index (χ1) is 10.2. The van der Waals surface area contributed by atoms with Crippen molar-refractivity contribution >= 4 is 11.4 Å². The number of nitrogens with zero attached hydrogens (tertiary/aromatic N) is 1. The van der Waals surface area contributed by atoms with Crippen LogP contribution in [0.2, 0.25) is 0 Å². The van der Waals surface area contributed by atoms with Gasteiger partial charge in [0.15, 0.2) is 0 Å². The van der Waals surface area contributed by atoms with Crippen LogP contribution in [0.5, 0.6) is 11.5 Å². The van der Waals surface area contributed by atoms with Crippen LogP contribution in [0.3, 0.4) is 0 Å². The molecule has 0 aliphatic carbocycles. The van der Waals surface area contributed by atoms with Crippen LogP contribution < -0.4 is 14.8 Å². The molecule has 0 atom stereocenters. The Bertz CT molecular complexity index is 643. The summed E-state index contributed by atoms with van der Waals surface area (Å²) in [6, 6.07) is 12.2. The van der Waals surface area contributed by atoms with Crippen LogP contribution in [-0.4, -0.2) is 19.1 Å². The van der Waals surface area contributed by atoms with E-state index in [4.69, 9.17) is 9.47 Å². The number of hydrogen-bond donors (Lipinski definition) is 1. The van der Waals surface area contributed by atoms with E-state index >= 15 is 0 Å². The van der Waals surface area contributed by atoms with Crippen LogP contribution in [0.1, 0.15) is 5.56 Å². The summed E-state index contributed by atoms with van der Waals surface area (Å²) in [5, 5.41) is 14.2. The quantitative estimate of drug-likeness (QED) is 0.652. The molecule has 0 aromatic heterocycles. The van der Waals surface area contributed by atoms with E-state index in [1.54, 1.807) is 19.2 Å². The minimum atomic E-state index is -0.437. The number of benzene rings is 2. The Morgan fingerprint density at radius 1 is 1.14 bits per heavy atom. The highest BCUT2D eigenvalue weighted by Crippen LogP contribution is 2.30. The Morgan fingerprint density at radius 2 is 1.90 bits per heavy atom. The molecule has 0 radical (unpaired) electrons. The molecule has 21 heavy (non-hydrogen) atoms. The lowest BCUT2D eigenvalue weighted by atomic mass is 10.2. The second-order valence-electron chi connectivity index (χ2n) is 4.31. The topological polar surface area (TPSA) is 73.6 Å². The van der Waals surface area contributed by atoms with Gasteiger partial charge in [0.1, 0.15) is 17.2 Å². The molecule has 6 heteroatoms. The smallest absolute Gasteiger partial charge is 0.296 e. The number of rotatable bonds is 6. The third-order valence-corrected chi connectivity index (χ3v) is 3.06. The SMILES string of the molecule is COc1ccc(NCc2ccccc2OC)c([N+](=O)[O-])c1. The highest BCUT2D eigenvalue weighted by atomic mass is 16.6. The molecule has 0 spiro atoms. The molecular formula is C15H16N2O4. The van der Waals surface area contributed by atoms with Crippen molar-refractivity contribution in [3.8, 4) is 11.5 Å². The second kappa shape index (κ2) is 6.60. The van der Waals surface area contributed by atoms with E-state index in [-0.39, 0.29) is 5.69 Å². The van der Waals surface area contributed by atoms with Gasteiger partial charge in [0.2, 0.25) is 0 Å². The van der Waals surface area contributed by atoms with Gasteiger partial charge < -0.3 is 14.8 Å². The van der Waals surface area contributed by atoms with E-state index in [9.17, 15) is 10.1 Å². The van der Waals surface area contributed by atoms with Crippen molar-refractivity contribution in [3.63, 3.8) is 0 Å². The van der Waals surface area contributed by atoms with Crippen molar-refractivity contribution in [2.45, 2.75) is 6.54 Å². The molecule has 0 aliphatic heterocycles. The van der Waals surface area contributed by atoms with E-state index in [2.05, 4.69) is 5.32 Å². The molecule has 6 nitrogen and oxygen atoms in total. The molecule has 0 heterocycles. The van der Waals surface area contributed by atoms with Crippen molar-refractivity contribution in [3.05, 3.63) is 58.1 Å². The zero-order valence-corrected chi connectivity index (χ0v) is 11.8. The first-order valence-electron chi connectivity index (χ1n) is 6.34. The fourth-order valence-corrected chi connectivity index (χ4v) is 1.98. The predicted molar refractivity (Wildman–Crippen MR) is 80.0 cm³/mol. The Kier molecular flexibility index (Phi) is 4.61. The third-order valence-electron chi connectivity index (χ3n) is 3.06.